The lowest BCUT2D eigenvalue weighted by atomic mass is 10.0. The van der Waals surface area contributed by atoms with Crippen LogP contribution in [0.15, 0.2) is 61.3 Å². The Balaban J connectivity index is 3.93. The zero-order valence-corrected chi connectivity index (χ0v) is 22.8. The molecule has 208 valence electrons. The van der Waals surface area contributed by atoms with Crippen molar-refractivity contribution in [1.29, 1.82) is 0 Å². The van der Waals surface area contributed by atoms with Crippen LogP contribution in [0.5, 0.6) is 0 Å². The molecular formula is C34H42O5. The molecule has 2 unspecified atom stereocenters. The lowest BCUT2D eigenvalue weighted by Gasteiger charge is -2.02. The molecule has 4 atom stereocenters. The maximum absolute atomic E-state index is 11.3. The van der Waals surface area contributed by atoms with E-state index in [0.717, 1.165) is 82.5 Å². The molecule has 4 N–H and O–H groups in total. The van der Waals surface area contributed by atoms with Crippen LogP contribution in [0.3, 0.4) is 0 Å². The van der Waals surface area contributed by atoms with E-state index in [0.29, 0.717) is 0 Å². The fraction of sp³-hybridized carbons (Fsp3) is 0.441. The van der Waals surface area contributed by atoms with Crippen molar-refractivity contribution in [3.8, 4) is 47.4 Å². The molecular weight excluding hydrogens is 488 g/mol. The minimum Gasteiger partial charge on any atom is -0.377 e. The fourth-order valence-electron chi connectivity index (χ4n) is 3.13. The Morgan fingerprint density at radius 1 is 0.590 bits per heavy atom. The van der Waals surface area contributed by atoms with E-state index in [4.69, 9.17) is 0 Å². The van der Waals surface area contributed by atoms with Gasteiger partial charge in [0.25, 0.3) is 0 Å². The van der Waals surface area contributed by atoms with Crippen molar-refractivity contribution < 1.29 is 25.2 Å². The number of hydrogen-bond donors (Lipinski definition) is 4. The van der Waals surface area contributed by atoms with E-state index < -0.39 is 24.4 Å². The monoisotopic (exact) mass is 530 g/mol. The zero-order chi connectivity index (χ0) is 29.0. The van der Waals surface area contributed by atoms with Gasteiger partial charge in [-0.1, -0.05) is 86.5 Å². The topological polar surface area (TPSA) is 98.0 Å². The van der Waals surface area contributed by atoms with Crippen molar-refractivity contribution >= 4 is 6.29 Å². The molecule has 5 nitrogen and oxygen atoms in total. The highest BCUT2D eigenvalue weighted by atomic mass is 16.3. The van der Waals surface area contributed by atoms with Gasteiger partial charge in [0, 0.05) is 0 Å². The van der Waals surface area contributed by atoms with Crippen molar-refractivity contribution in [2.45, 2.75) is 95.0 Å². The number of aliphatic hydroxyl groups excluding tert-OH is 4. The van der Waals surface area contributed by atoms with Crippen molar-refractivity contribution in [3.05, 3.63) is 61.3 Å². The second kappa shape index (κ2) is 26.1. The lowest BCUT2D eigenvalue weighted by molar-refractivity contribution is -0.105. The molecule has 0 saturated heterocycles. The van der Waals surface area contributed by atoms with Gasteiger partial charge in [0.2, 0.25) is 0 Å². The highest BCUT2D eigenvalue weighted by Crippen LogP contribution is 2.12. The van der Waals surface area contributed by atoms with Crippen LogP contribution in [0.2, 0.25) is 0 Å². The number of carbonyl (C=O) groups is 1. The average molecular weight is 531 g/mol. The van der Waals surface area contributed by atoms with E-state index >= 15 is 0 Å². The third-order valence-electron chi connectivity index (χ3n) is 5.31. The van der Waals surface area contributed by atoms with Crippen molar-refractivity contribution in [3.63, 3.8) is 0 Å². The number of hydrogen-bond acceptors (Lipinski definition) is 5. The second-order valence-corrected chi connectivity index (χ2v) is 8.67. The molecule has 0 aromatic heterocycles. The van der Waals surface area contributed by atoms with Crippen LogP contribution >= 0.6 is 0 Å². The van der Waals surface area contributed by atoms with Crippen molar-refractivity contribution in [2.24, 2.45) is 0 Å². The molecule has 0 aliphatic carbocycles. The van der Waals surface area contributed by atoms with Gasteiger partial charge in [0.1, 0.15) is 30.7 Å². The minimum atomic E-state index is -0.910. The van der Waals surface area contributed by atoms with Gasteiger partial charge in [-0.3, -0.25) is 4.79 Å². The summed E-state index contributed by atoms with van der Waals surface area (Å²) in [5.41, 5.74) is 0.862. The molecule has 0 aliphatic heterocycles. The summed E-state index contributed by atoms with van der Waals surface area (Å²) in [5, 5.41) is 37.8. The molecule has 0 fully saturated rings. The maximum Gasteiger partial charge on any atom is 0.145 e. The van der Waals surface area contributed by atoms with Gasteiger partial charge in [0.15, 0.2) is 0 Å². The molecule has 0 bridgehead atoms. The third-order valence-corrected chi connectivity index (χ3v) is 5.31. The van der Waals surface area contributed by atoms with Gasteiger partial charge in [-0.2, -0.15) is 0 Å². The fourth-order valence-corrected chi connectivity index (χ4v) is 3.13. The summed E-state index contributed by atoms with van der Waals surface area (Å²) in [4.78, 5) is 11.3. The van der Waals surface area contributed by atoms with E-state index in [1.807, 2.05) is 18.2 Å². The Kier molecular flexibility index (Phi) is 23.7. The van der Waals surface area contributed by atoms with Gasteiger partial charge >= 0.3 is 0 Å². The number of aldehydes is 1. The van der Waals surface area contributed by atoms with Crippen LogP contribution in [-0.2, 0) is 4.79 Å². The summed E-state index contributed by atoms with van der Waals surface area (Å²) in [6.07, 6.45) is 19.7. The predicted octanol–water partition coefficient (Wildman–Crippen LogP) is 4.34. The van der Waals surface area contributed by atoms with Crippen LogP contribution in [0.1, 0.15) is 70.6 Å². The predicted molar refractivity (Wildman–Crippen MR) is 159 cm³/mol. The molecule has 0 rings (SSSR count). The van der Waals surface area contributed by atoms with Crippen LogP contribution in [0, 0.1) is 47.4 Å². The van der Waals surface area contributed by atoms with Crippen LogP contribution in [0.25, 0.3) is 0 Å². The first-order valence-electron chi connectivity index (χ1n) is 13.4. The Labute approximate surface area is 235 Å². The number of unbranched alkanes of at least 4 members (excludes halogenated alkanes) is 8. The molecule has 0 heterocycles. The highest BCUT2D eigenvalue weighted by molar-refractivity contribution is 5.72. The van der Waals surface area contributed by atoms with E-state index in [1.54, 1.807) is 12.2 Å². The Morgan fingerprint density at radius 2 is 1.00 bits per heavy atom. The molecule has 0 spiro atoms. The first kappa shape index (κ1) is 35.5. The first-order valence-corrected chi connectivity index (χ1v) is 13.4. The van der Waals surface area contributed by atoms with Gasteiger partial charge in [-0.15, -0.1) is 0 Å². The quantitative estimate of drug-likeness (QED) is 0.0695. The zero-order valence-electron chi connectivity index (χ0n) is 22.8. The summed E-state index contributed by atoms with van der Waals surface area (Å²) in [5.74, 6) is 20.0. The molecule has 0 aromatic rings. The van der Waals surface area contributed by atoms with Gasteiger partial charge < -0.3 is 20.4 Å². The Morgan fingerprint density at radius 3 is 1.44 bits per heavy atom. The number of allylic oxidation sites excluding steroid dienone is 4. The Hall–Kier alpha value is -3.55. The average Bonchev–Trinajstić information content (AvgIpc) is 2.94. The van der Waals surface area contributed by atoms with Crippen molar-refractivity contribution in [1.82, 2.24) is 0 Å². The summed E-state index contributed by atoms with van der Waals surface area (Å²) in [6.45, 7) is 6.81. The number of aliphatic hydroxyl groups is 4. The molecule has 0 amide bonds. The number of rotatable bonds is 18. The van der Waals surface area contributed by atoms with E-state index in [2.05, 4.69) is 60.5 Å². The smallest absolute Gasteiger partial charge is 0.145 e. The number of carbonyl (C=O) groups excluding carboxylic acids is 1. The highest BCUT2D eigenvalue weighted by Gasteiger charge is 1.97. The molecule has 0 saturated carbocycles. The van der Waals surface area contributed by atoms with E-state index in [1.165, 1.54) is 12.2 Å². The third kappa shape index (κ3) is 24.5. The standard InChI is InChI=1S/C34H42O5/c1-3-31(36)23-17-19-27-33(38)25-15-11-7-5-6-9-13-21-30(29-35)22-14-10-8-12-16-26-34(39)28-20-18-24-32(37)4-2/h3-4,15-16,21,25-26,29,31-34,36-39H,1-2,5-14,22H2/b25-15-,26-16-,30-21+/t31?,32?,33-,34-/m0/s1. The normalized spacial score (nSPS) is 13.8. The van der Waals surface area contributed by atoms with E-state index in [9.17, 15) is 25.2 Å². The summed E-state index contributed by atoms with van der Waals surface area (Å²) in [7, 11) is 0. The van der Waals surface area contributed by atoms with Crippen molar-refractivity contribution in [2.75, 3.05) is 0 Å². The molecule has 5 heteroatoms. The lowest BCUT2D eigenvalue weighted by Crippen LogP contribution is -1.97. The Bertz CT molecular complexity index is 1050. The molecule has 0 aliphatic rings. The SMILES string of the molecule is C=CC(O)C#CC#C[C@@H](O)/C=C\CCCCCC/C=C(/C=O)CCCCC/C=C\[C@H](O)C#CC#CC(O)C=C. The molecule has 39 heavy (non-hydrogen) atoms. The molecule has 0 radical (unpaired) electrons. The van der Waals surface area contributed by atoms with Crippen LogP contribution < -0.4 is 0 Å². The minimum absolute atomic E-state index is 0.785. The first-order chi connectivity index (χ1) is 18.9. The maximum atomic E-state index is 11.3. The summed E-state index contributed by atoms with van der Waals surface area (Å²) < 4.78 is 0. The second-order valence-electron chi connectivity index (χ2n) is 8.67. The largest absolute Gasteiger partial charge is 0.377 e. The van der Waals surface area contributed by atoms with Gasteiger partial charge in [0.05, 0.1) is 0 Å². The summed E-state index contributed by atoms with van der Waals surface area (Å²) in [6, 6.07) is 0. The van der Waals surface area contributed by atoms with Crippen LogP contribution in [0.4, 0.5) is 0 Å². The van der Waals surface area contributed by atoms with E-state index in [-0.39, 0.29) is 0 Å². The summed E-state index contributed by atoms with van der Waals surface area (Å²) >= 11 is 0. The van der Waals surface area contributed by atoms with Crippen LogP contribution in [-0.4, -0.2) is 51.1 Å². The molecule has 0 aromatic carbocycles. The van der Waals surface area contributed by atoms with Gasteiger partial charge in [-0.05, 0) is 92.8 Å². The van der Waals surface area contributed by atoms with Gasteiger partial charge in [-0.25, -0.2) is 0 Å².